The molecule has 0 aliphatic carbocycles. The van der Waals surface area contributed by atoms with Crippen LogP contribution in [0.15, 0.2) is 30.5 Å². The lowest BCUT2D eigenvalue weighted by molar-refractivity contribution is -0.138. The second-order valence-corrected chi connectivity index (χ2v) is 6.87. The number of likely N-dealkylation sites (tertiary alicyclic amines) is 2. The number of hydrogen-bond donors (Lipinski definition) is 1. The van der Waals surface area contributed by atoms with Crippen molar-refractivity contribution in [3.05, 3.63) is 30.5 Å². The summed E-state index contributed by atoms with van der Waals surface area (Å²) in [6.45, 7) is 1.85. The molecule has 8 nitrogen and oxygen atoms in total. The highest BCUT2D eigenvalue weighted by atomic mass is 16.2. The van der Waals surface area contributed by atoms with Crippen molar-refractivity contribution < 1.29 is 14.4 Å². The summed E-state index contributed by atoms with van der Waals surface area (Å²) in [6, 6.07) is 7.78. The first-order valence-electron chi connectivity index (χ1n) is 8.81. The number of fused-ring (bicyclic) bond motifs is 2. The highest BCUT2D eigenvalue weighted by molar-refractivity contribution is 6.06. The third-order valence-corrected chi connectivity index (χ3v) is 5.28. The molecule has 136 valence electrons. The molecule has 3 heterocycles. The van der Waals surface area contributed by atoms with Crippen molar-refractivity contribution in [2.75, 3.05) is 26.7 Å². The number of carbonyl (C=O) groups excluding carboxylic acids is 3. The van der Waals surface area contributed by atoms with Crippen LogP contribution in [0, 0.1) is 11.8 Å². The third-order valence-electron chi connectivity index (χ3n) is 5.28. The van der Waals surface area contributed by atoms with Crippen LogP contribution in [0.25, 0.3) is 10.9 Å². The minimum Gasteiger partial charge on any atom is -0.338 e. The Kier molecular flexibility index (Phi) is 4.10. The topological polar surface area (TPSA) is 87.5 Å². The molecule has 0 spiro atoms. The number of nitrogens with zero attached hydrogens (tertiary/aromatic N) is 4. The van der Waals surface area contributed by atoms with Crippen LogP contribution >= 0.6 is 0 Å². The van der Waals surface area contributed by atoms with E-state index in [9.17, 15) is 14.4 Å². The van der Waals surface area contributed by atoms with E-state index in [4.69, 9.17) is 0 Å². The second kappa shape index (κ2) is 6.44. The molecule has 1 N–H and O–H groups in total. The summed E-state index contributed by atoms with van der Waals surface area (Å²) in [5.74, 6) is -1.12. The Balaban J connectivity index is 1.26. The summed E-state index contributed by atoms with van der Waals surface area (Å²) in [4.78, 5) is 39.1. The van der Waals surface area contributed by atoms with Gasteiger partial charge in [-0.05, 0) is 12.5 Å². The first kappa shape index (κ1) is 16.6. The number of imide groups is 1. The number of amides is 4. The molecular formula is C18H21N5O3. The minimum absolute atomic E-state index is 0.180. The van der Waals surface area contributed by atoms with E-state index in [1.807, 2.05) is 35.1 Å². The molecule has 0 bridgehead atoms. The smallest absolute Gasteiger partial charge is 0.317 e. The monoisotopic (exact) mass is 355 g/mol. The normalized spacial score (nSPS) is 22.3. The Bertz CT molecular complexity index is 853. The summed E-state index contributed by atoms with van der Waals surface area (Å²) in [6.07, 6.45) is 2.58. The van der Waals surface area contributed by atoms with Crippen molar-refractivity contribution in [1.29, 1.82) is 0 Å². The van der Waals surface area contributed by atoms with Crippen LogP contribution in [0.5, 0.6) is 0 Å². The van der Waals surface area contributed by atoms with E-state index in [1.54, 1.807) is 4.90 Å². The van der Waals surface area contributed by atoms with Gasteiger partial charge in [0.05, 0.1) is 23.5 Å². The van der Waals surface area contributed by atoms with Gasteiger partial charge in [-0.1, -0.05) is 18.2 Å². The number of rotatable bonds is 4. The first-order valence-corrected chi connectivity index (χ1v) is 8.81. The highest BCUT2D eigenvalue weighted by Gasteiger charge is 2.51. The zero-order valence-corrected chi connectivity index (χ0v) is 14.6. The maximum Gasteiger partial charge on any atom is 0.317 e. The summed E-state index contributed by atoms with van der Waals surface area (Å²) in [5, 5.41) is 8.34. The SMILES string of the molecule is CN1C(=O)[C@H]2CN(C(=O)NCCCn3ncc4ccccc43)C[C@H]2C1=O. The van der Waals surface area contributed by atoms with E-state index < -0.39 is 0 Å². The van der Waals surface area contributed by atoms with Gasteiger partial charge in [0.2, 0.25) is 11.8 Å². The van der Waals surface area contributed by atoms with Crippen molar-refractivity contribution in [3.63, 3.8) is 0 Å². The van der Waals surface area contributed by atoms with Crippen LogP contribution < -0.4 is 5.32 Å². The molecule has 0 unspecified atom stereocenters. The van der Waals surface area contributed by atoms with Gasteiger partial charge < -0.3 is 10.2 Å². The second-order valence-electron chi connectivity index (χ2n) is 6.87. The summed E-state index contributed by atoms with van der Waals surface area (Å²) in [5.41, 5.74) is 1.08. The summed E-state index contributed by atoms with van der Waals surface area (Å²) >= 11 is 0. The van der Waals surface area contributed by atoms with E-state index in [1.165, 1.54) is 11.9 Å². The predicted molar refractivity (Wildman–Crippen MR) is 94.1 cm³/mol. The molecule has 26 heavy (non-hydrogen) atoms. The van der Waals surface area contributed by atoms with Crippen LogP contribution in [0.3, 0.4) is 0 Å². The third kappa shape index (κ3) is 2.71. The number of aromatic nitrogens is 2. The summed E-state index contributed by atoms with van der Waals surface area (Å²) < 4.78 is 1.93. The quantitative estimate of drug-likeness (QED) is 0.645. The molecular weight excluding hydrogens is 334 g/mol. The van der Waals surface area contributed by atoms with Gasteiger partial charge in [-0.2, -0.15) is 5.10 Å². The minimum atomic E-state index is -0.381. The van der Waals surface area contributed by atoms with Crippen molar-refractivity contribution in [3.8, 4) is 0 Å². The fourth-order valence-electron chi connectivity index (χ4n) is 3.82. The van der Waals surface area contributed by atoms with Crippen LogP contribution in [-0.4, -0.2) is 64.1 Å². The maximum absolute atomic E-state index is 12.3. The number of hydrogen-bond acceptors (Lipinski definition) is 4. The van der Waals surface area contributed by atoms with Gasteiger partial charge in [0.25, 0.3) is 0 Å². The van der Waals surface area contributed by atoms with Crippen molar-refractivity contribution in [2.24, 2.45) is 11.8 Å². The molecule has 2 aromatic rings. The molecule has 8 heteroatoms. The fraction of sp³-hybridized carbons (Fsp3) is 0.444. The van der Waals surface area contributed by atoms with Crippen LogP contribution in [0.2, 0.25) is 0 Å². The lowest BCUT2D eigenvalue weighted by Gasteiger charge is -2.19. The molecule has 2 aliphatic rings. The van der Waals surface area contributed by atoms with Gasteiger partial charge >= 0.3 is 6.03 Å². The lowest BCUT2D eigenvalue weighted by atomic mass is 10.00. The largest absolute Gasteiger partial charge is 0.338 e. The number of nitrogens with one attached hydrogen (secondary N) is 1. The molecule has 1 aromatic carbocycles. The van der Waals surface area contributed by atoms with Crippen molar-refractivity contribution in [1.82, 2.24) is 24.9 Å². The number of carbonyl (C=O) groups is 3. The molecule has 4 rings (SSSR count). The van der Waals surface area contributed by atoms with E-state index in [2.05, 4.69) is 10.4 Å². The Morgan fingerprint density at radius 1 is 1.19 bits per heavy atom. The van der Waals surface area contributed by atoms with E-state index in [-0.39, 0.29) is 29.7 Å². The van der Waals surface area contributed by atoms with Crippen LogP contribution in [-0.2, 0) is 16.1 Å². The summed E-state index contributed by atoms with van der Waals surface area (Å²) in [7, 11) is 1.51. The fourth-order valence-corrected chi connectivity index (χ4v) is 3.82. The van der Waals surface area contributed by atoms with Gasteiger partial charge in [-0.3, -0.25) is 19.2 Å². The molecule has 0 saturated carbocycles. The van der Waals surface area contributed by atoms with E-state index >= 15 is 0 Å². The molecule has 4 amide bonds. The number of aryl methyl sites for hydroxylation is 1. The molecule has 0 radical (unpaired) electrons. The molecule has 2 atom stereocenters. The standard InChI is InChI=1S/C18H21N5O3/c1-21-16(24)13-10-22(11-14(13)17(21)25)18(26)19-7-4-8-23-15-6-3-2-5-12(15)9-20-23/h2-3,5-6,9,13-14H,4,7-8,10-11H2,1H3,(H,19,26)/t13-,14+. The molecule has 2 saturated heterocycles. The van der Waals surface area contributed by atoms with Crippen molar-refractivity contribution in [2.45, 2.75) is 13.0 Å². The number of benzene rings is 1. The van der Waals surface area contributed by atoms with Gasteiger partial charge in [0.15, 0.2) is 0 Å². The van der Waals surface area contributed by atoms with Crippen molar-refractivity contribution >= 4 is 28.7 Å². The molecule has 2 fully saturated rings. The Labute approximate surface area is 150 Å². The Morgan fingerprint density at radius 3 is 2.62 bits per heavy atom. The average Bonchev–Trinajstić information content (AvgIpc) is 3.32. The first-order chi connectivity index (χ1) is 12.6. The van der Waals surface area contributed by atoms with E-state index in [0.717, 1.165) is 17.3 Å². The Morgan fingerprint density at radius 2 is 1.88 bits per heavy atom. The number of urea groups is 1. The molecule has 1 aromatic heterocycles. The zero-order valence-electron chi connectivity index (χ0n) is 14.6. The van der Waals surface area contributed by atoms with Gasteiger partial charge in [0.1, 0.15) is 0 Å². The lowest BCUT2D eigenvalue weighted by Crippen LogP contribution is -2.42. The van der Waals surface area contributed by atoms with E-state index in [0.29, 0.717) is 26.2 Å². The maximum atomic E-state index is 12.3. The zero-order chi connectivity index (χ0) is 18.3. The predicted octanol–water partition coefficient (Wildman–Crippen LogP) is 0.683. The van der Waals surface area contributed by atoms with Gasteiger partial charge in [-0.15, -0.1) is 0 Å². The highest BCUT2D eigenvalue weighted by Crippen LogP contribution is 2.32. The van der Waals surface area contributed by atoms with Crippen LogP contribution in [0.1, 0.15) is 6.42 Å². The average molecular weight is 355 g/mol. The van der Waals surface area contributed by atoms with Crippen LogP contribution in [0.4, 0.5) is 4.79 Å². The number of para-hydroxylation sites is 1. The van der Waals surface area contributed by atoms with Gasteiger partial charge in [0, 0.05) is 38.6 Å². The van der Waals surface area contributed by atoms with Gasteiger partial charge in [-0.25, -0.2) is 4.79 Å². The molecule has 2 aliphatic heterocycles. The Hall–Kier alpha value is -2.90.